The van der Waals surface area contributed by atoms with Crippen LogP contribution in [0.3, 0.4) is 0 Å². The lowest BCUT2D eigenvalue weighted by atomic mass is 9.86. The fourth-order valence-electron chi connectivity index (χ4n) is 4.83. The first-order valence-electron chi connectivity index (χ1n) is 9.21. The van der Waals surface area contributed by atoms with Crippen molar-refractivity contribution in [2.75, 3.05) is 0 Å². The monoisotopic (exact) mass is 310 g/mol. The summed E-state index contributed by atoms with van der Waals surface area (Å²) in [6.45, 7) is 2.13. The van der Waals surface area contributed by atoms with E-state index in [-0.39, 0.29) is 11.6 Å². The molecule has 4 rings (SSSR count). The van der Waals surface area contributed by atoms with Crippen LogP contribution in [0.4, 0.5) is 0 Å². The number of fused-ring (bicyclic) bond motifs is 2. The Morgan fingerprint density at radius 3 is 2.43 bits per heavy atom. The van der Waals surface area contributed by atoms with Gasteiger partial charge in [0.15, 0.2) is 0 Å². The second-order valence-corrected chi connectivity index (χ2v) is 7.64. The lowest BCUT2D eigenvalue weighted by Gasteiger charge is -2.27. The summed E-state index contributed by atoms with van der Waals surface area (Å²) < 4.78 is 5.90. The molecule has 0 aromatic heterocycles. The summed E-state index contributed by atoms with van der Waals surface area (Å²) in [5.41, 5.74) is 1.88. The predicted octanol–water partition coefficient (Wildman–Crippen LogP) is 5.25. The van der Waals surface area contributed by atoms with Crippen LogP contribution < -0.4 is 0 Å². The smallest absolute Gasteiger partial charge is 0.338 e. The van der Waals surface area contributed by atoms with Crippen molar-refractivity contribution in [1.29, 1.82) is 0 Å². The zero-order valence-corrected chi connectivity index (χ0v) is 14.0. The standard InChI is InChI=1S/C21H26O2/c1-2-21(11-3-4-12-21)23-20(22)17-9-7-16(8-10-17)19-14-15-5-6-18(19)13-15/h5-10,15,18-19H,2-4,11-14H2,1H3. The van der Waals surface area contributed by atoms with Gasteiger partial charge in [-0.15, -0.1) is 0 Å². The van der Waals surface area contributed by atoms with E-state index in [4.69, 9.17) is 4.74 Å². The molecule has 0 N–H and O–H groups in total. The summed E-state index contributed by atoms with van der Waals surface area (Å²) >= 11 is 0. The summed E-state index contributed by atoms with van der Waals surface area (Å²) in [4.78, 5) is 12.5. The van der Waals surface area contributed by atoms with Crippen molar-refractivity contribution >= 4 is 5.97 Å². The number of carbonyl (C=O) groups is 1. The fourth-order valence-corrected chi connectivity index (χ4v) is 4.83. The maximum absolute atomic E-state index is 12.5. The number of rotatable bonds is 4. The Balaban J connectivity index is 1.45. The first-order chi connectivity index (χ1) is 11.2. The zero-order chi connectivity index (χ0) is 15.9. The minimum atomic E-state index is -0.203. The van der Waals surface area contributed by atoms with Crippen LogP contribution in [0.2, 0.25) is 0 Å². The van der Waals surface area contributed by atoms with Crippen molar-refractivity contribution < 1.29 is 9.53 Å². The van der Waals surface area contributed by atoms with E-state index in [0.29, 0.717) is 17.4 Å². The molecule has 2 saturated carbocycles. The molecule has 2 fully saturated rings. The Morgan fingerprint density at radius 2 is 1.87 bits per heavy atom. The van der Waals surface area contributed by atoms with Gasteiger partial charge in [-0.2, -0.15) is 0 Å². The van der Waals surface area contributed by atoms with Crippen molar-refractivity contribution in [2.24, 2.45) is 11.8 Å². The van der Waals surface area contributed by atoms with E-state index in [1.165, 1.54) is 31.2 Å². The quantitative estimate of drug-likeness (QED) is 0.561. The number of hydrogen-bond acceptors (Lipinski definition) is 2. The highest BCUT2D eigenvalue weighted by Crippen LogP contribution is 2.48. The molecule has 0 radical (unpaired) electrons. The van der Waals surface area contributed by atoms with Gasteiger partial charge in [-0.25, -0.2) is 4.79 Å². The van der Waals surface area contributed by atoms with Crippen LogP contribution in [-0.4, -0.2) is 11.6 Å². The summed E-state index contributed by atoms with van der Waals surface area (Å²) in [5, 5.41) is 0. The summed E-state index contributed by atoms with van der Waals surface area (Å²) in [5.74, 6) is 1.99. The van der Waals surface area contributed by atoms with E-state index in [1.807, 2.05) is 12.1 Å². The number of allylic oxidation sites excluding steroid dienone is 2. The van der Waals surface area contributed by atoms with Crippen molar-refractivity contribution in [3.63, 3.8) is 0 Å². The Labute approximate surface area is 138 Å². The van der Waals surface area contributed by atoms with Gasteiger partial charge in [-0.3, -0.25) is 0 Å². The van der Waals surface area contributed by atoms with Gasteiger partial charge in [-0.05, 0) is 80.4 Å². The Kier molecular flexibility index (Phi) is 3.79. The fraction of sp³-hybridized carbons (Fsp3) is 0.571. The zero-order valence-electron chi connectivity index (χ0n) is 14.0. The topological polar surface area (TPSA) is 26.3 Å². The van der Waals surface area contributed by atoms with Crippen molar-refractivity contribution in [3.8, 4) is 0 Å². The Morgan fingerprint density at radius 1 is 1.13 bits per heavy atom. The second-order valence-electron chi connectivity index (χ2n) is 7.64. The van der Waals surface area contributed by atoms with E-state index in [1.54, 1.807) is 0 Å². The maximum Gasteiger partial charge on any atom is 0.338 e. The molecule has 1 aromatic rings. The minimum Gasteiger partial charge on any atom is -0.455 e. The molecule has 3 aliphatic rings. The molecule has 2 nitrogen and oxygen atoms in total. The van der Waals surface area contributed by atoms with E-state index in [2.05, 4.69) is 31.2 Å². The SMILES string of the molecule is CCC1(OC(=O)c2ccc(C3CC4C=CC3C4)cc2)CCCC1. The highest BCUT2D eigenvalue weighted by atomic mass is 16.6. The summed E-state index contributed by atoms with van der Waals surface area (Å²) in [6.07, 6.45) is 12.7. The molecule has 0 heterocycles. The third-order valence-electron chi connectivity index (χ3n) is 6.32. The van der Waals surface area contributed by atoms with Crippen molar-refractivity contribution in [1.82, 2.24) is 0 Å². The highest BCUT2D eigenvalue weighted by molar-refractivity contribution is 5.89. The van der Waals surface area contributed by atoms with E-state index in [0.717, 1.165) is 25.2 Å². The number of esters is 1. The van der Waals surface area contributed by atoms with Gasteiger partial charge in [0, 0.05) is 0 Å². The molecule has 0 saturated heterocycles. The van der Waals surface area contributed by atoms with Crippen LogP contribution in [0.15, 0.2) is 36.4 Å². The summed E-state index contributed by atoms with van der Waals surface area (Å²) in [7, 11) is 0. The van der Waals surface area contributed by atoms with Crippen LogP contribution in [-0.2, 0) is 4.74 Å². The molecule has 2 heteroatoms. The molecular formula is C21H26O2. The third-order valence-corrected chi connectivity index (χ3v) is 6.32. The van der Waals surface area contributed by atoms with Crippen LogP contribution in [0, 0.1) is 11.8 Å². The molecule has 2 bridgehead atoms. The number of benzene rings is 1. The largest absolute Gasteiger partial charge is 0.455 e. The molecule has 3 atom stereocenters. The first kappa shape index (κ1) is 15.0. The molecule has 3 unspecified atom stereocenters. The van der Waals surface area contributed by atoms with Crippen molar-refractivity contribution in [3.05, 3.63) is 47.5 Å². The average molecular weight is 310 g/mol. The Bertz CT molecular complexity index is 607. The van der Waals surface area contributed by atoms with Gasteiger partial charge in [0.2, 0.25) is 0 Å². The summed E-state index contributed by atoms with van der Waals surface area (Å²) in [6, 6.07) is 8.21. The van der Waals surface area contributed by atoms with Gasteiger partial charge >= 0.3 is 5.97 Å². The predicted molar refractivity (Wildman–Crippen MR) is 91.4 cm³/mol. The molecule has 3 aliphatic carbocycles. The van der Waals surface area contributed by atoms with E-state index >= 15 is 0 Å². The third kappa shape index (κ3) is 2.73. The maximum atomic E-state index is 12.5. The van der Waals surface area contributed by atoms with Gasteiger partial charge < -0.3 is 4.74 Å². The van der Waals surface area contributed by atoms with Gasteiger partial charge in [0.25, 0.3) is 0 Å². The van der Waals surface area contributed by atoms with Gasteiger partial charge in [0.05, 0.1) is 5.56 Å². The van der Waals surface area contributed by atoms with E-state index < -0.39 is 0 Å². The molecule has 1 aromatic carbocycles. The molecular weight excluding hydrogens is 284 g/mol. The highest BCUT2D eigenvalue weighted by Gasteiger charge is 2.37. The van der Waals surface area contributed by atoms with Gasteiger partial charge in [0.1, 0.15) is 5.60 Å². The molecule has 23 heavy (non-hydrogen) atoms. The average Bonchev–Trinajstić information content (AvgIpc) is 3.32. The van der Waals surface area contributed by atoms with Crippen LogP contribution >= 0.6 is 0 Å². The normalized spacial score (nSPS) is 30.7. The molecule has 122 valence electrons. The second kappa shape index (κ2) is 5.81. The van der Waals surface area contributed by atoms with E-state index in [9.17, 15) is 4.79 Å². The first-order valence-corrected chi connectivity index (χ1v) is 9.21. The van der Waals surface area contributed by atoms with Crippen LogP contribution in [0.25, 0.3) is 0 Å². The van der Waals surface area contributed by atoms with Crippen molar-refractivity contribution in [2.45, 2.75) is 63.4 Å². The minimum absolute atomic E-state index is 0.145. The number of carbonyl (C=O) groups excluding carboxylic acids is 1. The molecule has 0 aliphatic heterocycles. The Hall–Kier alpha value is -1.57. The molecule has 0 amide bonds. The molecule has 0 spiro atoms. The number of ether oxygens (including phenoxy) is 1. The number of hydrogen-bond donors (Lipinski definition) is 0. The van der Waals surface area contributed by atoms with Gasteiger partial charge in [-0.1, -0.05) is 31.2 Å². The van der Waals surface area contributed by atoms with Crippen LogP contribution in [0.1, 0.15) is 73.7 Å². The lowest BCUT2D eigenvalue weighted by Crippen LogP contribution is -2.31. The van der Waals surface area contributed by atoms with Crippen LogP contribution in [0.5, 0.6) is 0 Å². The lowest BCUT2D eigenvalue weighted by molar-refractivity contribution is -0.0172.